The number of benzene rings is 1. The number of piperazine rings is 1. The van der Waals surface area contributed by atoms with Crippen LogP contribution in [0.3, 0.4) is 0 Å². The third-order valence-electron chi connectivity index (χ3n) is 4.70. The van der Waals surface area contributed by atoms with Crippen LogP contribution in [0.4, 0.5) is 4.79 Å². The molecule has 0 aliphatic carbocycles. The maximum Gasteiger partial charge on any atom is 0.317 e. The average molecular weight is 361 g/mol. The highest BCUT2D eigenvalue weighted by atomic mass is 16.5. The molecule has 0 saturated carbocycles. The first-order valence-electron chi connectivity index (χ1n) is 9.27. The van der Waals surface area contributed by atoms with Gasteiger partial charge >= 0.3 is 6.03 Å². The van der Waals surface area contributed by atoms with Gasteiger partial charge in [-0.3, -0.25) is 4.79 Å². The number of ether oxygens (including phenoxy) is 1. The number of methoxy groups -OCH3 is 1. The molecule has 0 aromatic heterocycles. The van der Waals surface area contributed by atoms with Crippen LogP contribution in [0, 0.1) is 6.92 Å². The highest BCUT2D eigenvalue weighted by Crippen LogP contribution is 2.30. The van der Waals surface area contributed by atoms with E-state index in [1.54, 1.807) is 12.0 Å². The van der Waals surface area contributed by atoms with Crippen LogP contribution >= 0.6 is 0 Å². The molecule has 1 aromatic rings. The maximum absolute atomic E-state index is 13.0. The van der Waals surface area contributed by atoms with E-state index in [1.807, 2.05) is 37.8 Å². The van der Waals surface area contributed by atoms with E-state index in [4.69, 9.17) is 4.74 Å². The van der Waals surface area contributed by atoms with Crippen molar-refractivity contribution < 1.29 is 14.3 Å². The second-order valence-corrected chi connectivity index (χ2v) is 7.45. The zero-order chi connectivity index (χ0) is 19.4. The summed E-state index contributed by atoms with van der Waals surface area (Å²) in [5, 5.41) is 2.90. The lowest BCUT2D eigenvalue weighted by Crippen LogP contribution is -2.54. The number of amides is 3. The summed E-state index contributed by atoms with van der Waals surface area (Å²) in [5.41, 5.74) is 2.67. The van der Waals surface area contributed by atoms with Gasteiger partial charge < -0.3 is 19.9 Å². The van der Waals surface area contributed by atoms with Gasteiger partial charge in [-0.25, -0.2) is 4.79 Å². The predicted octanol–water partition coefficient (Wildman–Crippen LogP) is 3.00. The molecule has 1 saturated heterocycles. The van der Waals surface area contributed by atoms with Crippen LogP contribution in [0.1, 0.15) is 55.1 Å². The van der Waals surface area contributed by atoms with Crippen LogP contribution in [0.25, 0.3) is 0 Å². The summed E-state index contributed by atoms with van der Waals surface area (Å²) < 4.78 is 5.46. The summed E-state index contributed by atoms with van der Waals surface area (Å²) >= 11 is 0. The van der Waals surface area contributed by atoms with Crippen molar-refractivity contribution in [3.63, 3.8) is 0 Å². The highest BCUT2D eigenvalue weighted by Gasteiger charge is 2.26. The molecule has 1 aliphatic rings. The topological polar surface area (TPSA) is 61.9 Å². The number of nitrogens with zero attached hydrogens (tertiary/aromatic N) is 2. The molecule has 1 fully saturated rings. The van der Waals surface area contributed by atoms with E-state index >= 15 is 0 Å². The molecule has 0 unspecified atom stereocenters. The van der Waals surface area contributed by atoms with Gasteiger partial charge in [0.25, 0.3) is 5.91 Å². The molecule has 1 heterocycles. The van der Waals surface area contributed by atoms with E-state index in [9.17, 15) is 9.59 Å². The van der Waals surface area contributed by atoms with Gasteiger partial charge in [0, 0.05) is 37.8 Å². The quantitative estimate of drug-likeness (QED) is 0.897. The van der Waals surface area contributed by atoms with Gasteiger partial charge in [0.1, 0.15) is 5.75 Å². The van der Waals surface area contributed by atoms with Crippen LogP contribution in [0.5, 0.6) is 5.75 Å². The molecule has 1 aromatic carbocycles. The predicted molar refractivity (Wildman–Crippen MR) is 103 cm³/mol. The van der Waals surface area contributed by atoms with Crippen molar-refractivity contribution in [2.75, 3.05) is 33.3 Å². The number of carbonyl (C=O) groups is 2. The molecule has 2 rings (SSSR count). The normalized spacial score (nSPS) is 14.8. The largest absolute Gasteiger partial charge is 0.496 e. The van der Waals surface area contributed by atoms with Crippen LogP contribution in [0.15, 0.2) is 12.1 Å². The fraction of sp³-hybridized carbons (Fsp3) is 0.600. The fourth-order valence-corrected chi connectivity index (χ4v) is 3.18. The molecule has 1 N–H and O–H groups in total. The van der Waals surface area contributed by atoms with E-state index in [1.165, 1.54) is 0 Å². The van der Waals surface area contributed by atoms with Crippen molar-refractivity contribution in [1.82, 2.24) is 15.1 Å². The van der Waals surface area contributed by atoms with Crippen molar-refractivity contribution in [3.05, 3.63) is 28.8 Å². The molecule has 0 bridgehead atoms. The van der Waals surface area contributed by atoms with Gasteiger partial charge in [0.05, 0.1) is 7.11 Å². The Morgan fingerprint density at radius 1 is 1.04 bits per heavy atom. The monoisotopic (exact) mass is 361 g/mol. The molecule has 0 spiro atoms. The number of rotatable bonds is 4. The minimum atomic E-state index is -0.0604. The Kier molecular flexibility index (Phi) is 6.51. The molecular weight excluding hydrogens is 330 g/mol. The summed E-state index contributed by atoms with van der Waals surface area (Å²) in [6.07, 6.45) is 0. The van der Waals surface area contributed by atoms with Crippen molar-refractivity contribution in [2.24, 2.45) is 0 Å². The molecule has 3 amide bonds. The lowest BCUT2D eigenvalue weighted by molar-refractivity contribution is 0.0663. The molecular formula is C20H31N3O3. The maximum atomic E-state index is 13.0. The molecule has 0 atom stereocenters. The Balaban J connectivity index is 2.11. The first-order valence-corrected chi connectivity index (χ1v) is 9.27. The van der Waals surface area contributed by atoms with E-state index in [2.05, 4.69) is 19.2 Å². The van der Waals surface area contributed by atoms with Gasteiger partial charge in [0.15, 0.2) is 0 Å². The summed E-state index contributed by atoms with van der Waals surface area (Å²) in [7, 11) is 1.66. The molecule has 6 heteroatoms. The summed E-state index contributed by atoms with van der Waals surface area (Å²) in [4.78, 5) is 28.7. The first-order chi connectivity index (χ1) is 12.2. The van der Waals surface area contributed by atoms with Gasteiger partial charge in [0.2, 0.25) is 0 Å². The zero-order valence-electron chi connectivity index (χ0n) is 16.8. The highest BCUT2D eigenvalue weighted by molar-refractivity contribution is 5.96. The second kappa shape index (κ2) is 8.43. The molecule has 0 radical (unpaired) electrons. The van der Waals surface area contributed by atoms with Gasteiger partial charge in [-0.15, -0.1) is 0 Å². The smallest absolute Gasteiger partial charge is 0.317 e. The summed E-state index contributed by atoms with van der Waals surface area (Å²) in [6.45, 7) is 12.2. The molecule has 6 nitrogen and oxygen atoms in total. The van der Waals surface area contributed by atoms with Crippen molar-refractivity contribution >= 4 is 11.9 Å². The van der Waals surface area contributed by atoms with Gasteiger partial charge in [-0.2, -0.15) is 0 Å². The van der Waals surface area contributed by atoms with Crippen molar-refractivity contribution in [3.8, 4) is 5.75 Å². The van der Waals surface area contributed by atoms with Gasteiger partial charge in [-0.1, -0.05) is 13.8 Å². The third kappa shape index (κ3) is 4.48. The first kappa shape index (κ1) is 20.1. The zero-order valence-corrected chi connectivity index (χ0v) is 16.8. The minimum absolute atomic E-state index is 0.0240. The van der Waals surface area contributed by atoms with Gasteiger partial charge in [-0.05, 0) is 49.9 Å². The third-order valence-corrected chi connectivity index (χ3v) is 4.70. The SMILES string of the molecule is COc1cc(C)c(C(=O)N2CCN(C(=O)NC(C)C)CC2)cc1C(C)C. The average Bonchev–Trinajstić information content (AvgIpc) is 2.60. The number of urea groups is 1. The molecule has 144 valence electrons. The number of nitrogens with one attached hydrogen (secondary N) is 1. The Hall–Kier alpha value is -2.24. The Morgan fingerprint density at radius 3 is 2.12 bits per heavy atom. The number of hydrogen-bond donors (Lipinski definition) is 1. The molecule has 1 aliphatic heterocycles. The Bertz CT molecular complexity index is 663. The summed E-state index contributed by atoms with van der Waals surface area (Å²) in [5.74, 6) is 1.12. The molecule has 26 heavy (non-hydrogen) atoms. The van der Waals surface area contributed by atoms with Crippen LogP contribution in [-0.4, -0.2) is 61.1 Å². The Morgan fingerprint density at radius 2 is 1.62 bits per heavy atom. The van der Waals surface area contributed by atoms with Crippen molar-refractivity contribution in [1.29, 1.82) is 0 Å². The summed E-state index contributed by atoms with van der Waals surface area (Å²) in [6, 6.07) is 3.95. The number of aryl methyl sites for hydroxylation is 1. The minimum Gasteiger partial charge on any atom is -0.496 e. The van der Waals surface area contributed by atoms with E-state index < -0.39 is 0 Å². The van der Waals surface area contributed by atoms with E-state index in [-0.39, 0.29) is 23.9 Å². The number of hydrogen-bond acceptors (Lipinski definition) is 3. The standard InChI is InChI=1S/C20H31N3O3/c1-13(2)16-12-17(15(5)11-18(16)26-6)19(24)22-7-9-23(10-8-22)20(25)21-14(3)4/h11-14H,7-10H2,1-6H3,(H,21,25). The van der Waals surface area contributed by atoms with E-state index in [0.29, 0.717) is 26.2 Å². The number of carbonyl (C=O) groups excluding carboxylic acids is 2. The second-order valence-electron chi connectivity index (χ2n) is 7.45. The lowest BCUT2D eigenvalue weighted by atomic mass is 9.95. The lowest BCUT2D eigenvalue weighted by Gasteiger charge is -2.35. The van der Waals surface area contributed by atoms with Crippen LogP contribution < -0.4 is 10.1 Å². The fourth-order valence-electron chi connectivity index (χ4n) is 3.18. The van der Waals surface area contributed by atoms with E-state index in [0.717, 1.165) is 22.4 Å². The Labute approximate surface area is 156 Å². The van der Waals surface area contributed by atoms with Crippen molar-refractivity contribution in [2.45, 2.75) is 46.6 Å². The van der Waals surface area contributed by atoms with Crippen LogP contribution in [0.2, 0.25) is 0 Å². The van der Waals surface area contributed by atoms with Crippen LogP contribution in [-0.2, 0) is 0 Å².